The molecule has 2 amide bonds. The van der Waals surface area contributed by atoms with Crippen LogP contribution in [0.3, 0.4) is 0 Å². The summed E-state index contributed by atoms with van der Waals surface area (Å²) in [6, 6.07) is 7.40. The van der Waals surface area contributed by atoms with Crippen molar-refractivity contribution in [1.82, 2.24) is 5.32 Å². The highest BCUT2D eigenvalue weighted by atomic mass is 16.3. The Bertz CT molecular complexity index is 524. The van der Waals surface area contributed by atoms with Gasteiger partial charge in [0, 0.05) is 12.2 Å². The van der Waals surface area contributed by atoms with E-state index >= 15 is 0 Å². The van der Waals surface area contributed by atoms with E-state index in [0.717, 1.165) is 37.7 Å². The van der Waals surface area contributed by atoms with Crippen molar-refractivity contribution in [2.45, 2.75) is 45.1 Å². The molecule has 0 heterocycles. The molecule has 1 atom stereocenters. The fourth-order valence-corrected chi connectivity index (χ4v) is 2.84. The zero-order chi connectivity index (χ0) is 15.9. The highest BCUT2D eigenvalue weighted by molar-refractivity contribution is 6.39. The smallest absolute Gasteiger partial charge is 0.313 e. The highest BCUT2D eigenvalue weighted by Crippen LogP contribution is 2.27. The van der Waals surface area contributed by atoms with Crippen LogP contribution in [0.2, 0.25) is 0 Å². The Balaban J connectivity index is 1.80. The molecule has 5 heteroatoms. The van der Waals surface area contributed by atoms with E-state index in [9.17, 15) is 14.7 Å². The van der Waals surface area contributed by atoms with E-state index < -0.39 is 17.9 Å². The lowest BCUT2D eigenvalue weighted by molar-refractivity contribution is -0.136. The number of hydrogen-bond acceptors (Lipinski definition) is 3. The van der Waals surface area contributed by atoms with E-state index in [-0.39, 0.29) is 12.5 Å². The molecule has 22 heavy (non-hydrogen) atoms. The third-order valence-corrected chi connectivity index (χ3v) is 4.22. The van der Waals surface area contributed by atoms with Crippen molar-refractivity contribution in [3.63, 3.8) is 0 Å². The van der Waals surface area contributed by atoms with Crippen LogP contribution in [-0.4, -0.2) is 29.6 Å². The maximum atomic E-state index is 11.8. The number of carbonyl (C=O) groups is 2. The van der Waals surface area contributed by atoms with Crippen molar-refractivity contribution in [3.05, 3.63) is 29.8 Å². The lowest BCUT2D eigenvalue weighted by Gasteiger charge is -2.17. The maximum Gasteiger partial charge on any atom is 0.313 e. The molecule has 1 saturated carbocycles. The first-order valence-electron chi connectivity index (χ1n) is 7.96. The Morgan fingerprint density at radius 1 is 1.27 bits per heavy atom. The minimum atomic E-state index is -0.709. The van der Waals surface area contributed by atoms with E-state index in [4.69, 9.17) is 0 Å². The van der Waals surface area contributed by atoms with Crippen LogP contribution in [0, 0.1) is 5.92 Å². The number of aliphatic hydroxyl groups excluding tert-OH is 1. The van der Waals surface area contributed by atoms with Gasteiger partial charge >= 0.3 is 11.8 Å². The first-order valence-corrected chi connectivity index (χ1v) is 7.96. The zero-order valence-electron chi connectivity index (χ0n) is 13.0. The van der Waals surface area contributed by atoms with Gasteiger partial charge in [0.2, 0.25) is 0 Å². The second-order valence-electron chi connectivity index (χ2n) is 5.83. The first kappa shape index (κ1) is 16.5. The van der Waals surface area contributed by atoms with Crippen LogP contribution in [0.4, 0.5) is 5.69 Å². The minimum absolute atomic E-state index is 0.131. The monoisotopic (exact) mass is 304 g/mol. The van der Waals surface area contributed by atoms with Gasteiger partial charge in [-0.15, -0.1) is 0 Å². The Kier molecular flexibility index (Phi) is 5.95. The van der Waals surface area contributed by atoms with Gasteiger partial charge in [0.25, 0.3) is 0 Å². The molecule has 1 aromatic carbocycles. The molecule has 0 radical (unpaired) electrons. The average molecular weight is 304 g/mol. The van der Waals surface area contributed by atoms with Crippen LogP contribution in [0.5, 0.6) is 0 Å². The molecule has 1 aliphatic carbocycles. The predicted molar refractivity (Wildman–Crippen MR) is 85.4 cm³/mol. The van der Waals surface area contributed by atoms with Gasteiger partial charge in [-0.1, -0.05) is 31.9 Å². The topological polar surface area (TPSA) is 78.4 Å². The highest BCUT2D eigenvalue weighted by Gasteiger charge is 2.24. The third-order valence-electron chi connectivity index (χ3n) is 4.22. The molecule has 120 valence electrons. The summed E-state index contributed by atoms with van der Waals surface area (Å²) in [4.78, 5) is 23.6. The van der Waals surface area contributed by atoms with Crippen LogP contribution >= 0.6 is 0 Å². The van der Waals surface area contributed by atoms with E-state index in [1.807, 2.05) is 25.1 Å². The van der Waals surface area contributed by atoms with Crippen molar-refractivity contribution in [1.29, 1.82) is 0 Å². The van der Waals surface area contributed by atoms with Crippen LogP contribution in [0.25, 0.3) is 0 Å². The molecule has 1 fully saturated rings. The van der Waals surface area contributed by atoms with E-state index in [1.54, 1.807) is 6.07 Å². The molecule has 0 saturated heterocycles. The summed E-state index contributed by atoms with van der Waals surface area (Å²) in [6.07, 6.45) is 4.54. The second-order valence-corrected chi connectivity index (χ2v) is 5.83. The Morgan fingerprint density at radius 2 is 2.00 bits per heavy atom. The number of aliphatic hydroxyl groups is 1. The molecule has 0 spiro atoms. The molecule has 3 N–H and O–H groups in total. The normalized spacial score (nSPS) is 16.3. The molecule has 0 aromatic heterocycles. The lowest BCUT2D eigenvalue weighted by atomic mass is 10.0. The number of hydrogen-bond donors (Lipinski definition) is 3. The number of aryl methyl sites for hydroxylation is 1. The second kappa shape index (κ2) is 7.94. The van der Waals surface area contributed by atoms with Gasteiger partial charge in [0.05, 0.1) is 6.10 Å². The molecule has 1 aromatic rings. The zero-order valence-corrected chi connectivity index (χ0v) is 13.0. The van der Waals surface area contributed by atoms with Crippen molar-refractivity contribution in [2.24, 2.45) is 5.92 Å². The van der Waals surface area contributed by atoms with E-state index in [2.05, 4.69) is 10.6 Å². The van der Waals surface area contributed by atoms with Crippen molar-refractivity contribution < 1.29 is 14.7 Å². The summed E-state index contributed by atoms with van der Waals surface area (Å²) in [5, 5.41) is 15.1. The number of amides is 2. The van der Waals surface area contributed by atoms with Gasteiger partial charge in [-0.2, -0.15) is 0 Å². The summed E-state index contributed by atoms with van der Waals surface area (Å²) in [5.41, 5.74) is 1.70. The summed E-state index contributed by atoms with van der Waals surface area (Å²) < 4.78 is 0. The molecule has 0 aliphatic heterocycles. The summed E-state index contributed by atoms with van der Waals surface area (Å²) >= 11 is 0. The molecule has 1 unspecified atom stereocenters. The molecule has 0 bridgehead atoms. The third kappa shape index (κ3) is 4.56. The van der Waals surface area contributed by atoms with Crippen molar-refractivity contribution >= 4 is 17.5 Å². The number of benzene rings is 1. The SMILES string of the molecule is CCc1cccc(NC(=O)C(=O)NCC(O)C2CCCC2)c1. The van der Waals surface area contributed by atoms with Crippen LogP contribution < -0.4 is 10.6 Å². The van der Waals surface area contributed by atoms with Gasteiger partial charge in [0.15, 0.2) is 0 Å². The number of anilines is 1. The summed E-state index contributed by atoms with van der Waals surface area (Å²) in [5.74, 6) is -1.17. The molecular weight excluding hydrogens is 280 g/mol. The van der Waals surface area contributed by atoms with Gasteiger partial charge in [-0.05, 0) is 42.9 Å². The first-order chi connectivity index (χ1) is 10.6. The number of nitrogens with one attached hydrogen (secondary N) is 2. The van der Waals surface area contributed by atoms with Crippen molar-refractivity contribution in [2.75, 3.05) is 11.9 Å². The van der Waals surface area contributed by atoms with E-state index in [0.29, 0.717) is 5.69 Å². The van der Waals surface area contributed by atoms with Crippen LogP contribution in [0.1, 0.15) is 38.2 Å². The maximum absolute atomic E-state index is 11.8. The van der Waals surface area contributed by atoms with Gasteiger partial charge in [0.1, 0.15) is 0 Å². The van der Waals surface area contributed by atoms with E-state index in [1.165, 1.54) is 0 Å². The molecule has 1 aliphatic rings. The minimum Gasteiger partial charge on any atom is -0.391 e. The Labute approximate surface area is 131 Å². The van der Waals surface area contributed by atoms with Gasteiger partial charge < -0.3 is 15.7 Å². The molecule has 5 nitrogen and oxygen atoms in total. The summed E-state index contributed by atoms with van der Waals surface area (Å²) in [7, 11) is 0. The van der Waals surface area contributed by atoms with Crippen molar-refractivity contribution in [3.8, 4) is 0 Å². The summed E-state index contributed by atoms with van der Waals surface area (Å²) in [6.45, 7) is 2.16. The predicted octanol–water partition coefficient (Wildman–Crippen LogP) is 1.85. The standard InChI is InChI=1S/C17H24N2O3/c1-2-12-6-5-9-14(10-12)19-17(22)16(21)18-11-15(20)13-7-3-4-8-13/h5-6,9-10,13,15,20H,2-4,7-8,11H2,1H3,(H,18,21)(H,19,22). The quantitative estimate of drug-likeness (QED) is 0.727. The Morgan fingerprint density at radius 3 is 2.68 bits per heavy atom. The van der Waals surface area contributed by atoms with Gasteiger partial charge in [-0.3, -0.25) is 9.59 Å². The number of rotatable bonds is 5. The Hall–Kier alpha value is -1.88. The van der Waals surface area contributed by atoms with Gasteiger partial charge in [-0.25, -0.2) is 0 Å². The lowest BCUT2D eigenvalue weighted by Crippen LogP contribution is -2.41. The fraction of sp³-hybridized carbons (Fsp3) is 0.529. The van der Waals surface area contributed by atoms with Crippen LogP contribution in [0.15, 0.2) is 24.3 Å². The number of carbonyl (C=O) groups excluding carboxylic acids is 2. The average Bonchev–Trinajstić information content (AvgIpc) is 3.06. The largest absolute Gasteiger partial charge is 0.391 e. The molecule has 2 rings (SSSR count). The van der Waals surface area contributed by atoms with Crippen LogP contribution in [-0.2, 0) is 16.0 Å². The molecular formula is C17H24N2O3. The fourth-order valence-electron chi connectivity index (χ4n) is 2.84.